The van der Waals surface area contributed by atoms with E-state index >= 15 is 0 Å². The minimum Gasteiger partial charge on any atom is -0.483 e. The molecule has 0 fully saturated rings. The van der Waals surface area contributed by atoms with E-state index in [4.69, 9.17) is 4.74 Å². The highest BCUT2D eigenvalue weighted by atomic mass is 79.9. The van der Waals surface area contributed by atoms with Crippen LogP contribution in [0.25, 0.3) is 0 Å². The number of nitrogens with zero attached hydrogens (tertiary/aromatic N) is 2. The van der Waals surface area contributed by atoms with Crippen molar-refractivity contribution < 1.29 is 9.53 Å². The van der Waals surface area contributed by atoms with Gasteiger partial charge in [-0.15, -0.1) is 10.2 Å². The van der Waals surface area contributed by atoms with Crippen molar-refractivity contribution in [2.24, 2.45) is 0 Å². The van der Waals surface area contributed by atoms with Gasteiger partial charge in [0.05, 0.1) is 4.47 Å². The highest BCUT2D eigenvalue weighted by molar-refractivity contribution is 9.10. The first kappa shape index (κ1) is 17.9. The van der Waals surface area contributed by atoms with Gasteiger partial charge in [-0.2, -0.15) is 0 Å². The lowest BCUT2D eigenvalue weighted by molar-refractivity contribution is -0.118. The Morgan fingerprint density at radius 1 is 1.35 bits per heavy atom. The molecular formula is C16H20BrN3O2S. The molecule has 0 aliphatic carbocycles. The molecule has 1 aromatic carbocycles. The van der Waals surface area contributed by atoms with Crippen LogP contribution in [0.5, 0.6) is 5.75 Å². The van der Waals surface area contributed by atoms with Crippen LogP contribution >= 0.6 is 27.3 Å². The number of carbonyl (C=O) groups is 1. The Balaban J connectivity index is 1.84. The molecule has 0 atom stereocenters. The Morgan fingerprint density at radius 2 is 2.17 bits per heavy atom. The van der Waals surface area contributed by atoms with E-state index in [1.54, 1.807) is 0 Å². The summed E-state index contributed by atoms with van der Waals surface area (Å²) in [6.45, 7) is 4.16. The van der Waals surface area contributed by atoms with Gasteiger partial charge in [0.1, 0.15) is 10.8 Å². The van der Waals surface area contributed by atoms with Gasteiger partial charge in [-0.3, -0.25) is 10.1 Å². The summed E-state index contributed by atoms with van der Waals surface area (Å²) >= 11 is 4.87. The third-order valence-electron chi connectivity index (χ3n) is 3.22. The second-order valence-corrected chi connectivity index (χ2v) is 6.98. The summed E-state index contributed by atoms with van der Waals surface area (Å²) in [5, 5.41) is 12.2. The van der Waals surface area contributed by atoms with E-state index < -0.39 is 0 Å². The van der Waals surface area contributed by atoms with Crippen molar-refractivity contribution in [3.63, 3.8) is 0 Å². The molecule has 23 heavy (non-hydrogen) atoms. The van der Waals surface area contributed by atoms with Gasteiger partial charge in [-0.05, 0) is 46.5 Å². The molecule has 0 aliphatic heterocycles. The predicted octanol–water partition coefficient (Wildman–Crippen LogP) is 4.22. The summed E-state index contributed by atoms with van der Waals surface area (Å²) in [6.07, 6.45) is 4.04. The zero-order valence-corrected chi connectivity index (χ0v) is 15.7. The first-order valence-corrected chi connectivity index (χ1v) is 9.26. The highest BCUT2D eigenvalue weighted by Gasteiger charge is 2.10. The number of amides is 1. The van der Waals surface area contributed by atoms with E-state index in [0.717, 1.165) is 35.2 Å². The molecule has 1 N–H and O–H groups in total. The van der Waals surface area contributed by atoms with Crippen molar-refractivity contribution in [2.75, 3.05) is 11.9 Å². The summed E-state index contributed by atoms with van der Waals surface area (Å²) < 4.78 is 6.39. The van der Waals surface area contributed by atoms with Gasteiger partial charge in [0.2, 0.25) is 5.13 Å². The molecule has 2 rings (SSSR count). The Morgan fingerprint density at radius 3 is 2.87 bits per heavy atom. The summed E-state index contributed by atoms with van der Waals surface area (Å²) in [4.78, 5) is 11.9. The second-order valence-electron chi connectivity index (χ2n) is 5.06. The number of ether oxygens (including phenoxy) is 1. The molecule has 0 bridgehead atoms. The van der Waals surface area contributed by atoms with Crippen molar-refractivity contribution in [3.8, 4) is 5.75 Å². The van der Waals surface area contributed by atoms with Crippen molar-refractivity contribution in [3.05, 3.63) is 33.2 Å². The Kier molecular flexibility index (Phi) is 6.98. The number of aromatic nitrogens is 2. The lowest BCUT2D eigenvalue weighted by Crippen LogP contribution is -2.20. The summed E-state index contributed by atoms with van der Waals surface area (Å²) in [7, 11) is 0. The fraction of sp³-hybridized carbons (Fsp3) is 0.438. The van der Waals surface area contributed by atoms with E-state index in [0.29, 0.717) is 10.9 Å². The predicted molar refractivity (Wildman–Crippen MR) is 96.2 cm³/mol. The molecule has 0 spiro atoms. The maximum absolute atomic E-state index is 11.9. The maximum atomic E-state index is 11.9. The molecule has 0 unspecified atom stereocenters. The number of halogens is 1. The second kappa shape index (κ2) is 8.98. The number of unbranched alkanes of at least 4 members (excludes halogenated alkanes) is 1. The normalized spacial score (nSPS) is 10.6. The maximum Gasteiger partial charge on any atom is 0.264 e. The van der Waals surface area contributed by atoms with Crippen molar-refractivity contribution >= 4 is 38.3 Å². The molecule has 7 heteroatoms. The number of rotatable bonds is 8. The molecular weight excluding hydrogens is 378 g/mol. The molecule has 0 saturated carbocycles. The minimum atomic E-state index is -0.241. The molecule has 124 valence electrons. The zero-order chi connectivity index (χ0) is 16.7. The minimum absolute atomic E-state index is 0.0616. The number of nitrogens with one attached hydrogen (secondary N) is 1. The first-order valence-electron chi connectivity index (χ1n) is 7.65. The van der Waals surface area contributed by atoms with Crippen LogP contribution in [0.15, 0.2) is 22.7 Å². The number of anilines is 1. The average molecular weight is 398 g/mol. The molecule has 0 saturated heterocycles. The number of hydrogen-bond donors (Lipinski definition) is 1. The Hall–Kier alpha value is -1.47. The lowest BCUT2D eigenvalue weighted by Gasteiger charge is -2.08. The van der Waals surface area contributed by atoms with Crippen LogP contribution in [-0.2, 0) is 17.6 Å². The molecule has 2 aromatic rings. The largest absolute Gasteiger partial charge is 0.483 e. The third-order valence-corrected chi connectivity index (χ3v) is 4.74. The van der Waals surface area contributed by atoms with Crippen LogP contribution in [0.2, 0.25) is 0 Å². The summed E-state index contributed by atoms with van der Waals surface area (Å²) in [6, 6.07) is 5.85. The fourth-order valence-electron chi connectivity index (χ4n) is 1.91. The monoisotopic (exact) mass is 397 g/mol. The summed E-state index contributed by atoms with van der Waals surface area (Å²) in [5.74, 6) is 0.410. The SMILES string of the molecule is CCCCc1nnc(NC(=O)COc2ccc(CC)cc2Br)s1. The molecule has 1 heterocycles. The molecule has 5 nitrogen and oxygen atoms in total. The van der Waals surface area contributed by atoms with Crippen molar-refractivity contribution in [1.29, 1.82) is 0 Å². The number of hydrogen-bond acceptors (Lipinski definition) is 5. The quantitative estimate of drug-likeness (QED) is 0.723. The van der Waals surface area contributed by atoms with Crippen LogP contribution in [-0.4, -0.2) is 22.7 Å². The van der Waals surface area contributed by atoms with E-state index in [9.17, 15) is 4.79 Å². The smallest absolute Gasteiger partial charge is 0.264 e. The summed E-state index contributed by atoms with van der Waals surface area (Å²) in [5.41, 5.74) is 1.21. The third kappa shape index (κ3) is 5.58. The lowest BCUT2D eigenvalue weighted by atomic mass is 10.2. The molecule has 0 radical (unpaired) electrons. The van der Waals surface area contributed by atoms with Gasteiger partial charge in [-0.25, -0.2) is 0 Å². The van der Waals surface area contributed by atoms with Crippen LogP contribution in [0, 0.1) is 0 Å². The van der Waals surface area contributed by atoms with Gasteiger partial charge >= 0.3 is 0 Å². The first-order chi connectivity index (χ1) is 11.1. The van der Waals surface area contributed by atoms with E-state index in [1.807, 2.05) is 18.2 Å². The van der Waals surface area contributed by atoms with Gasteiger partial charge in [0.25, 0.3) is 5.91 Å². The van der Waals surface area contributed by atoms with E-state index in [2.05, 4.69) is 45.3 Å². The van der Waals surface area contributed by atoms with E-state index in [1.165, 1.54) is 16.9 Å². The zero-order valence-electron chi connectivity index (χ0n) is 13.3. The Labute approximate surface area is 148 Å². The molecule has 1 aromatic heterocycles. The van der Waals surface area contributed by atoms with Crippen LogP contribution < -0.4 is 10.1 Å². The number of carbonyl (C=O) groups excluding carboxylic acids is 1. The van der Waals surface area contributed by atoms with Crippen molar-refractivity contribution in [2.45, 2.75) is 39.5 Å². The van der Waals surface area contributed by atoms with Gasteiger partial charge in [0, 0.05) is 6.42 Å². The van der Waals surface area contributed by atoms with Gasteiger partial charge < -0.3 is 4.74 Å². The number of aryl methyl sites for hydroxylation is 2. The van der Waals surface area contributed by atoms with Gasteiger partial charge in [0.15, 0.2) is 6.61 Å². The van der Waals surface area contributed by atoms with Crippen LogP contribution in [0.4, 0.5) is 5.13 Å². The topological polar surface area (TPSA) is 64.1 Å². The molecule has 1 amide bonds. The number of benzene rings is 1. The van der Waals surface area contributed by atoms with Crippen LogP contribution in [0.3, 0.4) is 0 Å². The highest BCUT2D eigenvalue weighted by Crippen LogP contribution is 2.26. The average Bonchev–Trinajstić information content (AvgIpc) is 2.99. The van der Waals surface area contributed by atoms with Crippen LogP contribution in [0.1, 0.15) is 37.3 Å². The fourth-order valence-corrected chi connectivity index (χ4v) is 3.25. The molecule has 0 aliphatic rings. The van der Waals surface area contributed by atoms with Crippen molar-refractivity contribution in [1.82, 2.24) is 10.2 Å². The Bertz CT molecular complexity index is 661. The standard InChI is InChI=1S/C16H20BrN3O2S/c1-3-5-6-15-19-20-16(23-15)18-14(21)10-22-13-8-7-11(4-2)9-12(13)17/h7-9H,3-6,10H2,1-2H3,(H,18,20,21). The van der Waals surface area contributed by atoms with Gasteiger partial charge in [-0.1, -0.05) is 37.7 Å². The van der Waals surface area contributed by atoms with E-state index in [-0.39, 0.29) is 12.5 Å².